The predicted molar refractivity (Wildman–Crippen MR) is 78.6 cm³/mol. The van der Waals surface area contributed by atoms with E-state index in [9.17, 15) is 9.59 Å². The van der Waals surface area contributed by atoms with E-state index in [2.05, 4.69) is 0 Å². The largest absolute Gasteiger partial charge is 0.417 e. The van der Waals surface area contributed by atoms with E-state index < -0.39 is 5.63 Å². The Hall–Kier alpha value is -2.14. The van der Waals surface area contributed by atoms with Gasteiger partial charge in [0.25, 0.3) is 5.91 Å². The van der Waals surface area contributed by atoms with Crippen molar-refractivity contribution in [1.82, 2.24) is 4.90 Å². The van der Waals surface area contributed by atoms with Gasteiger partial charge in [-0.15, -0.1) is 0 Å². The molecule has 3 rings (SSSR count). The van der Waals surface area contributed by atoms with Crippen molar-refractivity contribution >= 4 is 16.7 Å². The summed E-state index contributed by atoms with van der Waals surface area (Å²) in [4.78, 5) is 26.4. The van der Waals surface area contributed by atoms with E-state index in [1.807, 2.05) is 19.1 Å². The lowest BCUT2D eigenvalue weighted by molar-refractivity contribution is 0.0279. The molecular formula is C16H17NO4. The second-order valence-corrected chi connectivity index (χ2v) is 5.00. The van der Waals surface area contributed by atoms with Crippen molar-refractivity contribution in [1.29, 1.82) is 0 Å². The Bertz CT molecular complexity index is 729. The van der Waals surface area contributed by atoms with Crippen LogP contribution in [0.15, 0.2) is 33.5 Å². The first-order valence-corrected chi connectivity index (χ1v) is 7.14. The van der Waals surface area contributed by atoms with Crippen LogP contribution in [0, 0.1) is 0 Å². The van der Waals surface area contributed by atoms with Crippen molar-refractivity contribution in [3.05, 3.63) is 46.0 Å². The van der Waals surface area contributed by atoms with Gasteiger partial charge in [-0.2, -0.15) is 0 Å². The minimum Gasteiger partial charge on any atom is -0.417 e. The molecule has 2 heterocycles. The Kier molecular flexibility index (Phi) is 3.75. The molecule has 110 valence electrons. The van der Waals surface area contributed by atoms with Gasteiger partial charge in [0.1, 0.15) is 0 Å². The SMILES string of the molecule is CCc1c(C(=O)N2CCOCC2)oc(=O)c2ccccc12. The molecule has 0 bridgehead atoms. The molecule has 0 unspecified atom stereocenters. The topological polar surface area (TPSA) is 59.8 Å². The molecule has 1 fully saturated rings. The quantitative estimate of drug-likeness (QED) is 0.845. The van der Waals surface area contributed by atoms with Crippen LogP contribution in [0.4, 0.5) is 0 Å². The van der Waals surface area contributed by atoms with E-state index >= 15 is 0 Å². The van der Waals surface area contributed by atoms with Crippen LogP contribution in [-0.2, 0) is 11.2 Å². The summed E-state index contributed by atoms with van der Waals surface area (Å²) in [5, 5.41) is 1.32. The van der Waals surface area contributed by atoms with E-state index in [0.717, 1.165) is 10.9 Å². The number of fused-ring (bicyclic) bond motifs is 1. The molecule has 2 aromatic rings. The molecule has 0 aliphatic carbocycles. The minimum absolute atomic E-state index is 0.170. The van der Waals surface area contributed by atoms with Gasteiger partial charge in [0.15, 0.2) is 5.76 Å². The van der Waals surface area contributed by atoms with Gasteiger partial charge in [-0.1, -0.05) is 25.1 Å². The monoisotopic (exact) mass is 287 g/mol. The first-order chi connectivity index (χ1) is 10.2. The zero-order chi connectivity index (χ0) is 14.8. The Labute approximate surface area is 122 Å². The van der Waals surface area contributed by atoms with Crippen LogP contribution < -0.4 is 5.63 Å². The normalized spacial score (nSPS) is 15.4. The molecule has 1 aromatic carbocycles. The van der Waals surface area contributed by atoms with Gasteiger partial charge in [-0.3, -0.25) is 4.79 Å². The maximum Gasteiger partial charge on any atom is 0.344 e. The fraction of sp³-hybridized carbons (Fsp3) is 0.375. The number of carbonyl (C=O) groups is 1. The predicted octanol–water partition coefficient (Wildman–Crippen LogP) is 1.83. The number of hydrogen-bond donors (Lipinski definition) is 0. The molecule has 1 saturated heterocycles. The molecule has 1 aliphatic heterocycles. The number of carbonyl (C=O) groups excluding carboxylic acids is 1. The molecule has 21 heavy (non-hydrogen) atoms. The highest BCUT2D eigenvalue weighted by atomic mass is 16.5. The third-order valence-electron chi connectivity index (χ3n) is 3.79. The van der Waals surface area contributed by atoms with Crippen LogP contribution in [0.2, 0.25) is 0 Å². The second-order valence-electron chi connectivity index (χ2n) is 5.00. The number of ether oxygens (including phenoxy) is 1. The van der Waals surface area contributed by atoms with Crippen LogP contribution in [0.25, 0.3) is 10.8 Å². The van der Waals surface area contributed by atoms with Crippen LogP contribution in [-0.4, -0.2) is 37.1 Å². The van der Waals surface area contributed by atoms with Gasteiger partial charge >= 0.3 is 5.63 Å². The van der Waals surface area contributed by atoms with Gasteiger partial charge in [0.2, 0.25) is 0 Å². The molecule has 0 atom stereocenters. The third kappa shape index (κ3) is 2.45. The molecule has 1 amide bonds. The Morgan fingerprint density at radius 1 is 1.19 bits per heavy atom. The Morgan fingerprint density at radius 3 is 2.52 bits per heavy atom. The summed E-state index contributed by atoms with van der Waals surface area (Å²) >= 11 is 0. The van der Waals surface area contributed by atoms with Crippen molar-refractivity contribution < 1.29 is 13.9 Å². The summed E-state index contributed by atoms with van der Waals surface area (Å²) in [6.45, 7) is 4.05. The molecular weight excluding hydrogens is 270 g/mol. The lowest BCUT2D eigenvalue weighted by Crippen LogP contribution is -2.41. The zero-order valence-corrected chi connectivity index (χ0v) is 11.9. The molecule has 1 aromatic heterocycles. The van der Waals surface area contributed by atoms with Gasteiger partial charge in [-0.05, 0) is 17.9 Å². The van der Waals surface area contributed by atoms with Crippen molar-refractivity contribution in [3.8, 4) is 0 Å². The van der Waals surface area contributed by atoms with Crippen molar-refractivity contribution in [3.63, 3.8) is 0 Å². The fourth-order valence-corrected chi connectivity index (χ4v) is 2.69. The van der Waals surface area contributed by atoms with Gasteiger partial charge in [0.05, 0.1) is 18.6 Å². The molecule has 5 nitrogen and oxygen atoms in total. The number of nitrogens with zero attached hydrogens (tertiary/aromatic N) is 1. The summed E-state index contributed by atoms with van der Waals surface area (Å²) < 4.78 is 10.6. The number of aryl methyl sites for hydroxylation is 1. The van der Waals surface area contributed by atoms with Crippen LogP contribution in [0.3, 0.4) is 0 Å². The highest BCUT2D eigenvalue weighted by Crippen LogP contribution is 2.21. The van der Waals surface area contributed by atoms with Crippen molar-refractivity contribution in [2.45, 2.75) is 13.3 Å². The molecule has 1 aliphatic rings. The molecule has 5 heteroatoms. The number of hydrogen-bond acceptors (Lipinski definition) is 4. The lowest BCUT2D eigenvalue weighted by Gasteiger charge is -2.26. The van der Waals surface area contributed by atoms with E-state index in [4.69, 9.17) is 9.15 Å². The van der Waals surface area contributed by atoms with Crippen molar-refractivity contribution in [2.24, 2.45) is 0 Å². The van der Waals surface area contributed by atoms with E-state index in [-0.39, 0.29) is 11.7 Å². The number of rotatable bonds is 2. The maximum atomic E-state index is 12.6. The van der Waals surface area contributed by atoms with E-state index in [1.165, 1.54) is 0 Å². The first kappa shape index (κ1) is 13.8. The summed E-state index contributed by atoms with van der Waals surface area (Å²) in [5.74, 6) is -0.0545. The molecule has 0 spiro atoms. The number of morpholine rings is 1. The average Bonchev–Trinajstić information content (AvgIpc) is 2.55. The van der Waals surface area contributed by atoms with E-state index in [0.29, 0.717) is 38.1 Å². The summed E-state index contributed by atoms with van der Waals surface area (Å²) in [7, 11) is 0. The van der Waals surface area contributed by atoms with Crippen LogP contribution >= 0.6 is 0 Å². The lowest BCUT2D eigenvalue weighted by atomic mass is 10.0. The Balaban J connectivity index is 2.13. The van der Waals surface area contributed by atoms with E-state index in [1.54, 1.807) is 17.0 Å². The number of amides is 1. The van der Waals surface area contributed by atoms with Gasteiger partial charge in [-0.25, -0.2) is 4.79 Å². The smallest absolute Gasteiger partial charge is 0.344 e. The summed E-state index contributed by atoms with van der Waals surface area (Å²) in [6, 6.07) is 7.25. The zero-order valence-electron chi connectivity index (χ0n) is 11.9. The maximum absolute atomic E-state index is 12.6. The standard InChI is InChI=1S/C16H17NO4/c1-2-11-12-5-3-4-6-13(12)16(19)21-14(11)15(18)17-7-9-20-10-8-17/h3-6H,2,7-10H2,1H3. The highest BCUT2D eigenvalue weighted by molar-refractivity contribution is 5.98. The summed E-state index contributed by atoms with van der Waals surface area (Å²) in [6.07, 6.45) is 0.635. The number of benzene rings is 1. The van der Waals surface area contributed by atoms with Crippen LogP contribution in [0.1, 0.15) is 23.0 Å². The summed E-state index contributed by atoms with van der Waals surface area (Å²) in [5.41, 5.74) is 0.334. The molecule has 0 radical (unpaired) electrons. The molecule has 0 saturated carbocycles. The molecule has 0 N–H and O–H groups in total. The third-order valence-corrected chi connectivity index (χ3v) is 3.79. The van der Waals surface area contributed by atoms with Crippen LogP contribution in [0.5, 0.6) is 0 Å². The fourth-order valence-electron chi connectivity index (χ4n) is 2.69. The average molecular weight is 287 g/mol. The Morgan fingerprint density at radius 2 is 1.86 bits per heavy atom. The second kappa shape index (κ2) is 5.69. The minimum atomic E-state index is -0.459. The first-order valence-electron chi connectivity index (χ1n) is 7.14. The highest BCUT2D eigenvalue weighted by Gasteiger charge is 2.25. The van der Waals surface area contributed by atoms with Gasteiger partial charge in [0, 0.05) is 18.7 Å². The van der Waals surface area contributed by atoms with Gasteiger partial charge < -0.3 is 14.1 Å². The van der Waals surface area contributed by atoms with Crippen molar-refractivity contribution in [2.75, 3.05) is 26.3 Å².